The van der Waals surface area contributed by atoms with Crippen molar-refractivity contribution < 1.29 is 8.78 Å². The minimum atomic E-state index is -0.573. The van der Waals surface area contributed by atoms with Crippen LogP contribution in [0.25, 0.3) is 0 Å². The Bertz CT molecular complexity index is 333. The van der Waals surface area contributed by atoms with Crippen LogP contribution in [0.15, 0.2) is 16.6 Å². The fourth-order valence-corrected chi connectivity index (χ4v) is 1.88. The van der Waals surface area contributed by atoms with Crippen LogP contribution in [0.1, 0.15) is 23.6 Å². The number of hydrogen-bond donors (Lipinski definition) is 1. The van der Waals surface area contributed by atoms with E-state index in [4.69, 9.17) is 5.73 Å². The predicted molar refractivity (Wildman–Crippen MR) is 63.6 cm³/mol. The van der Waals surface area contributed by atoms with Gasteiger partial charge in [-0.25, -0.2) is 4.39 Å². The highest BCUT2D eigenvalue weighted by molar-refractivity contribution is 9.10. The molecule has 1 aromatic carbocycles. The van der Waals surface area contributed by atoms with Gasteiger partial charge >= 0.3 is 0 Å². The summed E-state index contributed by atoms with van der Waals surface area (Å²) in [7, 11) is 0. The summed E-state index contributed by atoms with van der Waals surface area (Å²) in [6.07, 6.45) is 0.146. The van der Waals surface area contributed by atoms with Crippen molar-refractivity contribution in [1.82, 2.24) is 0 Å². The van der Waals surface area contributed by atoms with Gasteiger partial charge in [0.05, 0.1) is 6.67 Å². The number of benzene rings is 1. The van der Waals surface area contributed by atoms with Crippen LogP contribution in [-0.2, 0) is 0 Å². The van der Waals surface area contributed by atoms with Gasteiger partial charge in [0.2, 0.25) is 0 Å². The molecule has 1 rings (SSSR count). The molecule has 0 fully saturated rings. The molecule has 15 heavy (non-hydrogen) atoms. The molecule has 0 heterocycles. The summed E-state index contributed by atoms with van der Waals surface area (Å²) in [5.41, 5.74) is 6.53. The van der Waals surface area contributed by atoms with Crippen molar-refractivity contribution in [3.63, 3.8) is 0 Å². The molecule has 0 saturated heterocycles. The Balaban J connectivity index is 0.00000196. The maximum Gasteiger partial charge on any atom is 0.130 e. The minimum absolute atomic E-state index is 0. The first-order chi connectivity index (χ1) is 6.56. The average Bonchev–Trinajstić information content (AvgIpc) is 2.11. The van der Waals surface area contributed by atoms with Crippen LogP contribution >= 0.6 is 28.3 Å². The third-order valence-corrected chi connectivity index (χ3v) is 2.52. The molecule has 0 aliphatic heterocycles. The molecule has 0 amide bonds. The standard InChI is InChI=1S/C10H12BrF2N.ClH/c1-6-4-7(11)5-8(10(6)13)9(14)2-3-12;/h4-5,9H,2-3,14H2,1H3;1H/t9-;/m0./s1. The Labute approximate surface area is 103 Å². The van der Waals surface area contributed by atoms with Gasteiger partial charge in [0.1, 0.15) is 5.82 Å². The van der Waals surface area contributed by atoms with E-state index in [9.17, 15) is 8.78 Å². The van der Waals surface area contributed by atoms with Gasteiger partial charge in [-0.2, -0.15) is 0 Å². The molecule has 1 atom stereocenters. The molecule has 0 bridgehead atoms. The summed E-state index contributed by atoms with van der Waals surface area (Å²) in [4.78, 5) is 0. The maximum absolute atomic E-state index is 13.5. The zero-order valence-corrected chi connectivity index (χ0v) is 10.7. The van der Waals surface area contributed by atoms with Crippen LogP contribution in [0.4, 0.5) is 8.78 Å². The largest absolute Gasteiger partial charge is 0.324 e. The molecule has 0 unspecified atom stereocenters. The highest BCUT2D eigenvalue weighted by Crippen LogP contribution is 2.25. The van der Waals surface area contributed by atoms with E-state index in [1.165, 1.54) is 0 Å². The molecule has 5 heteroatoms. The average molecular weight is 301 g/mol. The molecule has 0 radical (unpaired) electrons. The zero-order valence-electron chi connectivity index (χ0n) is 8.27. The second-order valence-corrected chi connectivity index (χ2v) is 4.13. The SMILES string of the molecule is Cc1cc(Br)cc([C@@H](N)CCF)c1F.Cl. The van der Waals surface area contributed by atoms with E-state index in [1.54, 1.807) is 19.1 Å². The molecule has 1 nitrogen and oxygen atoms in total. The fraction of sp³-hybridized carbons (Fsp3) is 0.400. The lowest BCUT2D eigenvalue weighted by Crippen LogP contribution is -2.13. The highest BCUT2D eigenvalue weighted by Gasteiger charge is 2.13. The number of nitrogens with two attached hydrogens (primary N) is 1. The summed E-state index contributed by atoms with van der Waals surface area (Å²) in [6.45, 7) is 1.12. The van der Waals surface area contributed by atoms with Gasteiger partial charge in [-0.05, 0) is 31.0 Å². The lowest BCUT2D eigenvalue weighted by atomic mass is 10.0. The third-order valence-electron chi connectivity index (χ3n) is 2.07. The van der Waals surface area contributed by atoms with E-state index in [-0.39, 0.29) is 24.6 Å². The topological polar surface area (TPSA) is 26.0 Å². The van der Waals surface area contributed by atoms with Crippen LogP contribution in [-0.4, -0.2) is 6.67 Å². The molecule has 0 aliphatic rings. The van der Waals surface area contributed by atoms with E-state index in [0.29, 0.717) is 11.1 Å². The van der Waals surface area contributed by atoms with Crippen LogP contribution in [0.2, 0.25) is 0 Å². The third kappa shape index (κ3) is 3.70. The molecule has 0 aliphatic carbocycles. The van der Waals surface area contributed by atoms with Crippen molar-refractivity contribution in [3.8, 4) is 0 Å². The van der Waals surface area contributed by atoms with E-state index >= 15 is 0 Å². The number of halogens is 4. The Morgan fingerprint density at radius 3 is 2.60 bits per heavy atom. The molecule has 0 spiro atoms. The Morgan fingerprint density at radius 2 is 2.07 bits per heavy atom. The Kier molecular flexibility index (Phi) is 6.32. The number of aryl methyl sites for hydroxylation is 1. The summed E-state index contributed by atoms with van der Waals surface area (Å²) < 4.78 is 26.3. The van der Waals surface area contributed by atoms with Gasteiger partial charge in [-0.1, -0.05) is 15.9 Å². The second-order valence-electron chi connectivity index (χ2n) is 3.21. The van der Waals surface area contributed by atoms with E-state index in [2.05, 4.69) is 15.9 Å². The lowest BCUT2D eigenvalue weighted by molar-refractivity contribution is 0.434. The summed E-state index contributed by atoms with van der Waals surface area (Å²) in [5, 5.41) is 0. The van der Waals surface area contributed by atoms with Crippen LogP contribution in [0.3, 0.4) is 0 Å². The second kappa shape index (κ2) is 6.40. The van der Waals surface area contributed by atoms with Gasteiger partial charge in [0.15, 0.2) is 0 Å². The molecular formula is C10H13BrClF2N. The normalized spacial score (nSPS) is 12.1. The first-order valence-corrected chi connectivity index (χ1v) is 5.12. The Hall–Kier alpha value is -0.190. The lowest BCUT2D eigenvalue weighted by Gasteiger charge is -2.13. The quantitative estimate of drug-likeness (QED) is 0.905. The van der Waals surface area contributed by atoms with Crippen molar-refractivity contribution >= 4 is 28.3 Å². The molecular weight excluding hydrogens is 287 g/mol. The van der Waals surface area contributed by atoms with E-state index in [1.807, 2.05) is 0 Å². The summed E-state index contributed by atoms with van der Waals surface area (Å²) in [6, 6.07) is 2.69. The predicted octanol–water partition coefficient (Wildman–Crippen LogP) is 3.68. The van der Waals surface area contributed by atoms with Crippen LogP contribution < -0.4 is 5.73 Å². The van der Waals surface area contributed by atoms with Gasteiger partial charge < -0.3 is 5.73 Å². The highest BCUT2D eigenvalue weighted by atomic mass is 79.9. The molecule has 0 saturated carbocycles. The molecule has 1 aromatic rings. The molecule has 2 N–H and O–H groups in total. The van der Waals surface area contributed by atoms with Crippen molar-refractivity contribution in [3.05, 3.63) is 33.5 Å². The Morgan fingerprint density at radius 1 is 1.47 bits per heavy atom. The summed E-state index contributed by atoms with van der Waals surface area (Å²) in [5.74, 6) is -0.339. The minimum Gasteiger partial charge on any atom is -0.324 e. The first-order valence-electron chi connectivity index (χ1n) is 4.33. The van der Waals surface area contributed by atoms with Crippen LogP contribution in [0, 0.1) is 12.7 Å². The van der Waals surface area contributed by atoms with Crippen molar-refractivity contribution in [2.24, 2.45) is 5.73 Å². The maximum atomic E-state index is 13.5. The van der Waals surface area contributed by atoms with Gasteiger partial charge in [-0.15, -0.1) is 12.4 Å². The van der Waals surface area contributed by atoms with Crippen molar-refractivity contribution in [2.75, 3.05) is 6.67 Å². The van der Waals surface area contributed by atoms with E-state index < -0.39 is 12.7 Å². The number of alkyl halides is 1. The van der Waals surface area contributed by atoms with Crippen LogP contribution in [0.5, 0.6) is 0 Å². The van der Waals surface area contributed by atoms with Gasteiger partial charge in [-0.3, -0.25) is 4.39 Å². The number of rotatable bonds is 3. The fourth-order valence-electron chi connectivity index (χ4n) is 1.29. The van der Waals surface area contributed by atoms with Crippen molar-refractivity contribution in [1.29, 1.82) is 0 Å². The van der Waals surface area contributed by atoms with E-state index in [0.717, 1.165) is 4.47 Å². The number of hydrogen-bond acceptors (Lipinski definition) is 1. The molecule has 86 valence electrons. The molecule has 0 aromatic heterocycles. The first kappa shape index (κ1) is 14.8. The van der Waals surface area contributed by atoms with Crippen molar-refractivity contribution in [2.45, 2.75) is 19.4 Å². The zero-order chi connectivity index (χ0) is 10.7. The monoisotopic (exact) mass is 299 g/mol. The van der Waals surface area contributed by atoms with Gasteiger partial charge in [0.25, 0.3) is 0 Å². The van der Waals surface area contributed by atoms with Gasteiger partial charge in [0, 0.05) is 16.1 Å². The summed E-state index contributed by atoms with van der Waals surface area (Å²) >= 11 is 3.25. The smallest absolute Gasteiger partial charge is 0.130 e.